The van der Waals surface area contributed by atoms with Gasteiger partial charge in [-0.3, -0.25) is 9.36 Å². The van der Waals surface area contributed by atoms with Crippen molar-refractivity contribution in [1.82, 2.24) is 14.8 Å². The fourth-order valence-electron chi connectivity index (χ4n) is 2.23. The van der Waals surface area contributed by atoms with E-state index in [4.69, 9.17) is 4.42 Å². The van der Waals surface area contributed by atoms with Crippen LogP contribution in [0.5, 0.6) is 0 Å². The number of carbonyl (C=O) groups excluding carboxylic acids is 1. The minimum Gasteiger partial charge on any atom is -0.461 e. The van der Waals surface area contributed by atoms with Gasteiger partial charge < -0.3 is 9.73 Å². The van der Waals surface area contributed by atoms with Gasteiger partial charge in [0.1, 0.15) is 0 Å². The van der Waals surface area contributed by atoms with Gasteiger partial charge in [0.2, 0.25) is 5.91 Å². The van der Waals surface area contributed by atoms with Gasteiger partial charge in [-0.25, -0.2) is 0 Å². The molecule has 6 nitrogen and oxygen atoms in total. The van der Waals surface area contributed by atoms with Gasteiger partial charge in [0, 0.05) is 12.2 Å². The number of furan rings is 1. The molecule has 1 atom stereocenters. The van der Waals surface area contributed by atoms with Crippen LogP contribution in [0.3, 0.4) is 0 Å². The molecule has 0 saturated carbocycles. The zero-order chi connectivity index (χ0) is 16.9. The van der Waals surface area contributed by atoms with Gasteiger partial charge in [-0.15, -0.1) is 10.2 Å². The van der Waals surface area contributed by atoms with Gasteiger partial charge in [0.15, 0.2) is 16.7 Å². The molecular formula is C17H18N4O2S. The average molecular weight is 342 g/mol. The summed E-state index contributed by atoms with van der Waals surface area (Å²) in [6, 6.07) is 13.1. The molecule has 0 fully saturated rings. The van der Waals surface area contributed by atoms with E-state index in [0.717, 1.165) is 5.69 Å². The third-order valence-electron chi connectivity index (χ3n) is 3.47. The maximum atomic E-state index is 12.3. The summed E-state index contributed by atoms with van der Waals surface area (Å²) in [6.07, 6.45) is 1.60. The lowest BCUT2D eigenvalue weighted by molar-refractivity contribution is -0.115. The molecule has 1 N–H and O–H groups in total. The van der Waals surface area contributed by atoms with E-state index in [9.17, 15) is 4.79 Å². The summed E-state index contributed by atoms with van der Waals surface area (Å²) in [5.41, 5.74) is 0.781. The molecule has 0 aliphatic carbocycles. The van der Waals surface area contributed by atoms with E-state index >= 15 is 0 Å². The minimum atomic E-state index is -0.302. The number of rotatable bonds is 6. The standard InChI is InChI=1S/C17H18N4O2S/c1-3-21-15(14-10-7-11-23-14)19-20-17(21)24-12(2)16(22)18-13-8-5-4-6-9-13/h4-12H,3H2,1-2H3,(H,18,22)/t12-/m1/s1. The van der Waals surface area contributed by atoms with Crippen molar-refractivity contribution in [3.63, 3.8) is 0 Å². The van der Waals surface area contributed by atoms with Gasteiger partial charge >= 0.3 is 0 Å². The summed E-state index contributed by atoms with van der Waals surface area (Å²) >= 11 is 1.38. The molecule has 0 spiro atoms. The third kappa shape index (κ3) is 3.51. The van der Waals surface area contributed by atoms with E-state index in [-0.39, 0.29) is 11.2 Å². The van der Waals surface area contributed by atoms with Crippen LogP contribution >= 0.6 is 11.8 Å². The second-order valence-corrected chi connectivity index (χ2v) is 6.45. The SMILES string of the molecule is CCn1c(S[C@H](C)C(=O)Nc2ccccc2)nnc1-c1ccco1. The predicted octanol–water partition coefficient (Wildman–Crippen LogP) is 3.68. The van der Waals surface area contributed by atoms with Crippen LogP contribution in [0.1, 0.15) is 13.8 Å². The monoisotopic (exact) mass is 342 g/mol. The first-order valence-electron chi connectivity index (χ1n) is 7.68. The molecule has 2 aromatic heterocycles. The molecule has 3 aromatic rings. The zero-order valence-electron chi connectivity index (χ0n) is 13.5. The molecular weight excluding hydrogens is 324 g/mol. The van der Waals surface area contributed by atoms with Crippen LogP contribution in [0.4, 0.5) is 5.69 Å². The molecule has 0 aliphatic rings. The third-order valence-corrected chi connectivity index (χ3v) is 4.55. The number of para-hydroxylation sites is 1. The van der Waals surface area contributed by atoms with Crippen molar-refractivity contribution >= 4 is 23.4 Å². The highest BCUT2D eigenvalue weighted by Gasteiger charge is 2.21. The molecule has 0 saturated heterocycles. The maximum Gasteiger partial charge on any atom is 0.237 e. The summed E-state index contributed by atoms with van der Waals surface area (Å²) in [6.45, 7) is 4.55. The highest BCUT2D eigenvalue weighted by molar-refractivity contribution is 8.00. The Morgan fingerprint density at radius 1 is 1.25 bits per heavy atom. The summed E-state index contributed by atoms with van der Waals surface area (Å²) in [5, 5.41) is 11.7. The van der Waals surface area contributed by atoms with E-state index < -0.39 is 0 Å². The number of aromatic nitrogens is 3. The van der Waals surface area contributed by atoms with Crippen LogP contribution in [0.2, 0.25) is 0 Å². The first kappa shape index (κ1) is 16.3. The molecule has 3 rings (SSSR count). The number of benzene rings is 1. The Balaban J connectivity index is 1.72. The van der Waals surface area contributed by atoms with Crippen molar-refractivity contribution in [1.29, 1.82) is 0 Å². The van der Waals surface area contributed by atoms with Gasteiger partial charge in [-0.1, -0.05) is 30.0 Å². The summed E-state index contributed by atoms with van der Waals surface area (Å²) in [5.74, 6) is 1.26. The Bertz CT molecular complexity index is 799. The quantitative estimate of drug-likeness (QED) is 0.692. The van der Waals surface area contributed by atoms with Crippen LogP contribution in [0.25, 0.3) is 11.6 Å². The number of hydrogen-bond acceptors (Lipinski definition) is 5. The van der Waals surface area contributed by atoms with Crippen LogP contribution in [0.15, 0.2) is 58.3 Å². The van der Waals surface area contributed by atoms with Crippen LogP contribution in [-0.2, 0) is 11.3 Å². The number of anilines is 1. The summed E-state index contributed by atoms with van der Waals surface area (Å²) in [4.78, 5) is 12.3. The summed E-state index contributed by atoms with van der Waals surface area (Å²) < 4.78 is 7.34. The van der Waals surface area contributed by atoms with E-state index in [1.165, 1.54) is 11.8 Å². The Labute approximate surface area is 144 Å². The fourth-order valence-corrected chi connectivity index (χ4v) is 3.14. The highest BCUT2D eigenvalue weighted by Crippen LogP contribution is 2.27. The number of nitrogens with zero attached hydrogens (tertiary/aromatic N) is 3. The Morgan fingerprint density at radius 3 is 2.71 bits per heavy atom. The molecule has 0 bridgehead atoms. The van der Waals surface area contributed by atoms with Crippen LogP contribution in [-0.4, -0.2) is 25.9 Å². The Morgan fingerprint density at radius 2 is 2.04 bits per heavy atom. The average Bonchev–Trinajstić information content (AvgIpc) is 3.24. The fraction of sp³-hybridized carbons (Fsp3) is 0.235. The lowest BCUT2D eigenvalue weighted by Gasteiger charge is -2.12. The van der Waals surface area contributed by atoms with Gasteiger partial charge in [0.05, 0.1) is 11.5 Å². The first-order valence-corrected chi connectivity index (χ1v) is 8.56. The summed E-state index contributed by atoms with van der Waals surface area (Å²) in [7, 11) is 0. The van der Waals surface area contributed by atoms with E-state index in [0.29, 0.717) is 23.3 Å². The molecule has 124 valence electrons. The Kier molecular flexibility index (Phi) is 5.00. The van der Waals surface area contributed by atoms with Crippen molar-refractivity contribution in [3.05, 3.63) is 48.7 Å². The number of nitrogens with one attached hydrogen (secondary N) is 1. The minimum absolute atomic E-state index is 0.0728. The second-order valence-electron chi connectivity index (χ2n) is 5.14. The van der Waals surface area contributed by atoms with Crippen molar-refractivity contribution in [2.24, 2.45) is 0 Å². The number of thioether (sulfide) groups is 1. The van der Waals surface area contributed by atoms with E-state index in [2.05, 4.69) is 15.5 Å². The smallest absolute Gasteiger partial charge is 0.237 e. The molecule has 1 amide bonds. The van der Waals surface area contributed by atoms with Crippen molar-refractivity contribution in [2.45, 2.75) is 30.8 Å². The van der Waals surface area contributed by atoms with Crippen LogP contribution in [0, 0.1) is 0 Å². The van der Waals surface area contributed by atoms with Gasteiger partial charge in [0.25, 0.3) is 0 Å². The van der Waals surface area contributed by atoms with Crippen molar-refractivity contribution < 1.29 is 9.21 Å². The van der Waals surface area contributed by atoms with Crippen molar-refractivity contribution in [3.8, 4) is 11.6 Å². The topological polar surface area (TPSA) is 73.0 Å². The van der Waals surface area contributed by atoms with E-state index in [1.807, 2.05) is 60.9 Å². The Hall–Kier alpha value is -2.54. The highest BCUT2D eigenvalue weighted by atomic mass is 32.2. The van der Waals surface area contributed by atoms with Gasteiger partial charge in [-0.2, -0.15) is 0 Å². The number of amides is 1. The van der Waals surface area contributed by atoms with Gasteiger partial charge in [-0.05, 0) is 38.1 Å². The molecule has 24 heavy (non-hydrogen) atoms. The molecule has 0 unspecified atom stereocenters. The second kappa shape index (κ2) is 7.35. The molecule has 2 heterocycles. The number of hydrogen-bond donors (Lipinski definition) is 1. The number of carbonyl (C=O) groups is 1. The first-order chi connectivity index (χ1) is 11.7. The zero-order valence-corrected chi connectivity index (χ0v) is 14.3. The molecule has 0 aliphatic heterocycles. The molecule has 1 aromatic carbocycles. The lowest BCUT2D eigenvalue weighted by atomic mass is 10.3. The largest absolute Gasteiger partial charge is 0.461 e. The van der Waals surface area contributed by atoms with Crippen LogP contribution < -0.4 is 5.32 Å². The molecule has 0 radical (unpaired) electrons. The normalized spacial score (nSPS) is 12.1. The van der Waals surface area contributed by atoms with Crippen molar-refractivity contribution in [2.75, 3.05) is 5.32 Å². The molecule has 7 heteroatoms. The predicted molar refractivity (Wildman–Crippen MR) is 93.8 cm³/mol. The maximum absolute atomic E-state index is 12.3. The lowest BCUT2D eigenvalue weighted by Crippen LogP contribution is -2.22. The van der Waals surface area contributed by atoms with E-state index in [1.54, 1.807) is 6.26 Å².